The van der Waals surface area contributed by atoms with Gasteiger partial charge in [-0.3, -0.25) is 0 Å². The highest BCUT2D eigenvalue weighted by Crippen LogP contribution is 2.42. The van der Waals surface area contributed by atoms with Gasteiger partial charge in [-0.25, -0.2) is 15.0 Å². The molecule has 0 aliphatic carbocycles. The maximum Gasteiger partial charge on any atom is 0.164 e. The van der Waals surface area contributed by atoms with Gasteiger partial charge in [-0.1, -0.05) is 182 Å². The second-order valence-corrected chi connectivity index (χ2v) is 14.4. The van der Waals surface area contributed by atoms with Crippen LogP contribution in [0.4, 0.5) is 0 Å². The number of rotatable bonds is 6. The van der Waals surface area contributed by atoms with Crippen LogP contribution in [-0.2, 0) is 0 Å². The molecule has 4 nitrogen and oxygen atoms in total. The Bertz CT molecular complexity index is 3200. The highest BCUT2D eigenvalue weighted by Gasteiger charge is 2.17. The average Bonchev–Trinajstić information content (AvgIpc) is 3.67. The number of furan rings is 1. The molecular weight excluding hydrogens is 695 g/mol. The molecule has 0 saturated heterocycles. The average molecular weight is 728 g/mol. The Balaban J connectivity index is 0.957. The van der Waals surface area contributed by atoms with Crippen LogP contribution >= 0.6 is 0 Å². The molecule has 0 radical (unpaired) electrons. The Hall–Kier alpha value is -7.69. The van der Waals surface area contributed by atoms with E-state index in [2.05, 4.69) is 140 Å². The predicted molar refractivity (Wildman–Crippen MR) is 235 cm³/mol. The first-order valence-electron chi connectivity index (χ1n) is 19.2. The Morgan fingerprint density at radius 1 is 0.281 bits per heavy atom. The molecule has 0 spiro atoms. The van der Waals surface area contributed by atoms with Crippen LogP contribution in [0.5, 0.6) is 0 Å². The Morgan fingerprint density at radius 2 is 0.772 bits per heavy atom. The minimum absolute atomic E-state index is 0.642. The minimum Gasteiger partial charge on any atom is -0.455 e. The third-order valence-electron chi connectivity index (χ3n) is 10.9. The van der Waals surface area contributed by atoms with Gasteiger partial charge < -0.3 is 4.42 Å². The molecule has 0 fully saturated rings. The van der Waals surface area contributed by atoms with E-state index in [1.54, 1.807) is 0 Å². The molecule has 0 saturated carbocycles. The highest BCUT2D eigenvalue weighted by molar-refractivity contribution is 6.19. The highest BCUT2D eigenvalue weighted by atomic mass is 16.3. The van der Waals surface area contributed by atoms with Crippen molar-refractivity contribution in [3.8, 4) is 67.5 Å². The maximum absolute atomic E-state index is 6.60. The summed E-state index contributed by atoms with van der Waals surface area (Å²) in [7, 11) is 0. The molecule has 57 heavy (non-hydrogen) atoms. The Morgan fingerprint density at radius 3 is 1.42 bits per heavy atom. The van der Waals surface area contributed by atoms with Gasteiger partial charge >= 0.3 is 0 Å². The Labute approximate surface area is 329 Å². The third kappa shape index (κ3) is 5.83. The quantitative estimate of drug-likeness (QED) is 0.171. The van der Waals surface area contributed by atoms with Gasteiger partial charge in [0.25, 0.3) is 0 Å². The van der Waals surface area contributed by atoms with E-state index in [9.17, 15) is 0 Å². The molecule has 0 aliphatic rings. The molecule has 9 aromatic carbocycles. The lowest BCUT2D eigenvalue weighted by Gasteiger charge is -2.11. The second-order valence-electron chi connectivity index (χ2n) is 14.4. The molecule has 0 atom stereocenters. The van der Waals surface area contributed by atoms with Crippen LogP contribution < -0.4 is 0 Å². The molecule has 0 aliphatic heterocycles. The number of hydrogen-bond donors (Lipinski definition) is 0. The normalized spacial score (nSPS) is 11.5. The molecule has 2 heterocycles. The van der Waals surface area contributed by atoms with E-state index in [0.717, 1.165) is 66.1 Å². The van der Waals surface area contributed by atoms with Crippen LogP contribution in [0, 0.1) is 0 Å². The molecule has 2 aromatic heterocycles. The van der Waals surface area contributed by atoms with E-state index in [1.165, 1.54) is 27.5 Å². The zero-order chi connectivity index (χ0) is 37.7. The number of aromatic nitrogens is 3. The lowest BCUT2D eigenvalue weighted by Crippen LogP contribution is -2.00. The van der Waals surface area contributed by atoms with Crippen molar-refractivity contribution in [3.05, 3.63) is 200 Å². The molecule has 0 unspecified atom stereocenters. The molecular formula is C53H33N3O. The fraction of sp³-hybridized carbons (Fsp3) is 0. The van der Waals surface area contributed by atoms with Crippen LogP contribution in [0.3, 0.4) is 0 Å². The molecule has 0 N–H and O–H groups in total. The SMILES string of the molecule is c1ccc(-c2nc(-c3ccccc3)nc(-c3ccc(-c4ccc(-c5cc6c7cc(-c8cccc9ccccc89)ccc7oc6c6ccccc56)cc4)cc3)n2)cc1. The van der Waals surface area contributed by atoms with E-state index in [-0.39, 0.29) is 0 Å². The molecule has 11 aromatic rings. The van der Waals surface area contributed by atoms with Crippen molar-refractivity contribution >= 4 is 43.5 Å². The van der Waals surface area contributed by atoms with Crippen LogP contribution in [0.1, 0.15) is 0 Å². The molecule has 266 valence electrons. The van der Waals surface area contributed by atoms with Crippen molar-refractivity contribution < 1.29 is 4.42 Å². The van der Waals surface area contributed by atoms with Gasteiger partial charge in [-0.15, -0.1) is 0 Å². The third-order valence-corrected chi connectivity index (χ3v) is 10.9. The van der Waals surface area contributed by atoms with E-state index in [1.807, 2.05) is 60.7 Å². The van der Waals surface area contributed by atoms with Crippen LogP contribution in [-0.4, -0.2) is 15.0 Å². The van der Waals surface area contributed by atoms with Gasteiger partial charge in [0.15, 0.2) is 17.5 Å². The number of nitrogens with zero attached hydrogens (tertiary/aromatic N) is 3. The lowest BCUT2D eigenvalue weighted by atomic mass is 9.93. The molecule has 11 rings (SSSR count). The van der Waals surface area contributed by atoms with Crippen molar-refractivity contribution in [2.24, 2.45) is 0 Å². The summed E-state index contributed by atoms with van der Waals surface area (Å²) in [5.74, 6) is 1.94. The van der Waals surface area contributed by atoms with Crippen molar-refractivity contribution in [2.75, 3.05) is 0 Å². The predicted octanol–water partition coefficient (Wildman–Crippen LogP) is 14.1. The van der Waals surface area contributed by atoms with Crippen molar-refractivity contribution in [1.82, 2.24) is 15.0 Å². The summed E-state index contributed by atoms with van der Waals surface area (Å²) >= 11 is 0. The largest absolute Gasteiger partial charge is 0.455 e. The number of hydrogen-bond acceptors (Lipinski definition) is 4. The topological polar surface area (TPSA) is 51.8 Å². The Kier molecular flexibility index (Phi) is 7.78. The molecule has 4 heteroatoms. The van der Waals surface area contributed by atoms with Gasteiger partial charge in [0.1, 0.15) is 11.2 Å². The van der Waals surface area contributed by atoms with Crippen LogP contribution in [0.25, 0.3) is 111 Å². The van der Waals surface area contributed by atoms with E-state index in [4.69, 9.17) is 19.4 Å². The first kappa shape index (κ1) is 32.7. The summed E-state index contributed by atoms with van der Waals surface area (Å²) in [5.41, 5.74) is 11.6. The zero-order valence-corrected chi connectivity index (χ0v) is 30.8. The van der Waals surface area contributed by atoms with Crippen molar-refractivity contribution in [2.45, 2.75) is 0 Å². The van der Waals surface area contributed by atoms with Gasteiger partial charge in [-0.05, 0) is 67.7 Å². The summed E-state index contributed by atoms with van der Waals surface area (Å²) in [6.07, 6.45) is 0. The second kappa shape index (κ2) is 13.6. The van der Waals surface area contributed by atoms with E-state index < -0.39 is 0 Å². The van der Waals surface area contributed by atoms with Gasteiger partial charge in [0, 0.05) is 32.8 Å². The smallest absolute Gasteiger partial charge is 0.164 e. The van der Waals surface area contributed by atoms with Gasteiger partial charge in [0.05, 0.1) is 0 Å². The van der Waals surface area contributed by atoms with Crippen LogP contribution in [0.2, 0.25) is 0 Å². The summed E-state index contributed by atoms with van der Waals surface area (Å²) in [4.78, 5) is 14.7. The van der Waals surface area contributed by atoms with Crippen molar-refractivity contribution in [3.63, 3.8) is 0 Å². The lowest BCUT2D eigenvalue weighted by molar-refractivity contribution is 0.673. The number of fused-ring (bicyclic) bond motifs is 6. The standard InChI is InChI=1S/C53H33N3O/c1-3-13-38(14-4-1)51-54-52(39-15-5-2-6-16-39)56-53(55-51)40-28-24-35(25-29-40)34-22-26-37(27-23-34)46-33-48-47-32-41(43-21-11-17-36-12-7-8-18-42(36)43)30-31-49(47)57-50(48)45-20-10-9-19-44(45)46/h1-33H. The van der Waals surface area contributed by atoms with E-state index in [0.29, 0.717) is 17.5 Å². The minimum atomic E-state index is 0.642. The van der Waals surface area contributed by atoms with Gasteiger partial charge in [0.2, 0.25) is 0 Å². The summed E-state index contributed by atoms with van der Waals surface area (Å²) in [5, 5.41) is 6.98. The maximum atomic E-state index is 6.60. The monoisotopic (exact) mass is 727 g/mol. The fourth-order valence-corrected chi connectivity index (χ4v) is 8.07. The fourth-order valence-electron chi connectivity index (χ4n) is 8.07. The number of benzene rings is 9. The molecule has 0 amide bonds. The summed E-state index contributed by atoms with van der Waals surface area (Å²) in [6, 6.07) is 70.0. The molecule has 0 bridgehead atoms. The van der Waals surface area contributed by atoms with Crippen molar-refractivity contribution in [1.29, 1.82) is 0 Å². The first-order chi connectivity index (χ1) is 28.2. The van der Waals surface area contributed by atoms with Crippen LogP contribution in [0.15, 0.2) is 205 Å². The first-order valence-corrected chi connectivity index (χ1v) is 19.2. The van der Waals surface area contributed by atoms with Gasteiger partial charge in [-0.2, -0.15) is 0 Å². The van der Waals surface area contributed by atoms with E-state index >= 15 is 0 Å². The zero-order valence-electron chi connectivity index (χ0n) is 30.8. The summed E-state index contributed by atoms with van der Waals surface area (Å²) in [6.45, 7) is 0. The summed E-state index contributed by atoms with van der Waals surface area (Å²) < 4.78 is 6.60.